The average molecular weight is 304 g/mol. The fourth-order valence-corrected chi connectivity index (χ4v) is 2.44. The first-order valence-electron chi connectivity index (χ1n) is 7.08. The number of aromatic nitrogens is 2. The zero-order chi connectivity index (χ0) is 15.0. The molecule has 0 aromatic carbocycles. The molecule has 1 aromatic rings. The lowest BCUT2D eigenvalue weighted by atomic mass is 10.0. The molecule has 0 radical (unpaired) electrons. The maximum absolute atomic E-state index is 6.29. The third kappa shape index (κ3) is 5.40. The molecule has 1 unspecified atom stereocenters. The smallest absolute Gasteiger partial charge is 0.130 e. The Bertz CT molecular complexity index is 396. The lowest BCUT2D eigenvalue weighted by molar-refractivity contribution is 0.0659. The summed E-state index contributed by atoms with van der Waals surface area (Å²) in [5, 5.41) is 8.56. The van der Waals surface area contributed by atoms with Gasteiger partial charge in [-0.15, -0.1) is 0 Å². The van der Waals surface area contributed by atoms with Crippen LogP contribution in [0, 0.1) is 6.92 Å². The highest BCUT2D eigenvalue weighted by Gasteiger charge is 2.16. The number of aryl methyl sites for hydroxylation is 2. The molecule has 1 aromatic heterocycles. The topological polar surface area (TPSA) is 48.3 Å². The van der Waals surface area contributed by atoms with Crippen molar-refractivity contribution in [2.45, 2.75) is 32.7 Å². The van der Waals surface area contributed by atoms with E-state index in [2.05, 4.69) is 17.3 Å². The van der Waals surface area contributed by atoms with Crippen molar-refractivity contribution in [1.82, 2.24) is 15.1 Å². The van der Waals surface area contributed by atoms with E-state index >= 15 is 0 Å². The van der Waals surface area contributed by atoms with Gasteiger partial charge in [0.2, 0.25) is 0 Å². The van der Waals surface area contributed by atoms with Crippen molar-refractivity contribution in [1.29, 1.82) is 0 Å². The van der Waals surface area contributed by atoms with E-state index in [1.54, 1.807) is 11.8 Å². The van der Waals surface area contributed by atoms with Gasteiger partial charge in [0.25, 0.3) is 0 Å². The third-order valence-corrected chi connectivity index (χ3v) is 3.73. The molecule has 20 heavy (non-hydrogen) atoms. The van der Waals surface area contributed by atoms with E-state index in [1.165, 1.54) is 0 Å². The molecule has 0 saturated carbocycles. The lowest BCUT2D eigenvalue weighted by Crippen LogP contribution is -2.32. The molecule has 0 bridgehead atoms. The van der Waals surface area contributed by atoms with Crippen LogP contribution in [0.5, 0.6) is 0 Å². The van der Waals surface area contributed by atoms with E-state index in [4.69, 9.17) is 21.1 Å². The Labute approximate surface area is 126 Å². The van der Waals surface area contributed by atoms with Crippen molar-refractivity contribution in [2.75, 3.05) is 33.5 Å². The largest absolute Gasteiger partial charge is 0.382 e. The van der Waals surface area contributed by atoms with E-state index in [0.29, 0.717) is 19.3 Å². The van der Waals surface area contributed by atoms with Gasteiger partial charge in [-0.25, -0.2) is 0 Å². The van der Waals surface area contributed by atoms with Crippen molar-refractivity contribution < 1.29 is 9.47 Å². The quantitative estimate of drug-likeness (QED) is 0.671. The first-order chi connectivity index (χ1) is 9.60. The Morgan fingerprint density at radius 1 is 1.35 bits per heavy atom. The van der Waals surface area contributed by atoms with E-state index in [1.807, 2.05) is 14.0 Å². The highest BCUT2D eigenvalue weighted by molar-refractivity contribution is 6.30. The summed E-state index contributed by atoms with van der Waals surface area (Å²) in [5.74, 6) is 0. The molecule has 0 saturated heterocycles. The van der Waals surface area contributed by atoms with Crippen LogP contribution < -0.4 is 5.32 Å². The normalized spacial score (nSPS) is 12.8. The van der Waals surface area contributed by atoms with Crippen LogP contribution in [-0.2, 0) is 22.9 Å². The Morgan fingerprint density at radius 2 is 2.10 bits per heavy atom. The molecule has 0 aliphatic heterocycles. The van der Waals surface area contributed by atoms with Crippen LogP contribution in [0.4, 0.5) is 0 Å². The van der Waals surface area contributed by atoms with Crippen LogP contribution in [0.1, 0.15) is 24.6 Å². The summed E-state index contributed by atoms with van der Waals surface area (Å²) in [5.41, 5.74) is 2.12. The third-order valence-electron chi connectivity index (χ3n) is 3.26. The maximum atomic E-state index is 6.29. The van der Waals surface area contributed by atoms with E-state index in [-0.39, 0.29) is 0 Å². The van der Waals surface area contributed by atoms with Gasteiger partial charge in [-0.1, -0.05) is 18.5 Å². The fourth-order valence-electron chi connectivity index (χ4n) is 2.19. The highest BCUT2D eigenvalue weighted by atomic mass is 35.5. The van der Waals surface area contributed by atoms with Crippen LogP contribution in [0.3, 0.4) is 0 Å². The molecule has 1 rings (SSSR count). The molecular formula is C14H26ClN3O2. The van der Waals surface area contributed by atoms with Gasteiger partial charge in [-0.05, 0) is 26.3 Å². The monoisotopic (exact) mass is 303 g/mol. The number of nitrogens with one attached hydrogen (secondary N) is 1. The zero-order valence-corrected chi connectivity index (χ0v) is 13.7. The molecule has 0 aliphatic rings. The van der Waals surface area contributed by atoms with Crippen molar-refractivity contribution in [3.63, 3.8) is 0 Å². The molecule has 5 nitrogen and oxygen atoms in total. The number of methoxy groups -OCH3 is 1. The molecule has 0 fully saturated rings. The minimum absolute atomic E-state index is 0.350. The van der Waals surface area contributed by atoms with E-state index in [9.17, 15) is 0 Å². The molecule has 0 aliphatic carbocycles. The summed E-state index contributed by atoms with van der Waals surface area (Å²) in [7, 11) is 3.55. The van der Waals surface area contributed by atoms with Crippen molar-refractivity contribution in [3.05, 3.63) is 16.4 Å². The Kier molecular flexibility index (Phi) is 8.14. The maximum Gasteiger partial charge on any atom is 0.130 e. The van der Waals surface area contributed by atoms with E-state index < -0.39 is 0 Å². The predicted molar refractivity (Wildman–Crippen MR) is 81.4 cm³/mol. The molecule has 1 N–H and O–H groups in total. The standard InChI is InChI=1S/C14H26ClN3O2/c1-5-16-12(6-7-20-9-8-19-4)10-13-11(2)17-18(3)14(13)15/h12,16H,5-10H2,1-4H3. The SMILES string of the molecule is CCNC(CCOCCOC)Cc1c(C)nn(C)c1Cl. The summed E-state index contributed by atoms with van der Waals surface area (Å²) in [6, 6.07) is 0.350. The summed E-state index contributed by atoms with van der Waals surface area (Å²) >= 11 is 6.29. The van der Waals surface area contributed by atoms with Gasteiger partial charge in [-0.2, -0.15) is 5.10 Å². The summed E-state index contributed by atoms with van der Waals surface area (Å²) < 4.78 is 12.2. The molecular weight excluding hydrogens is 278 g/mol. The van der Waals surface area contributed by atoms with Gasteiger partial charge in [0, 0.05) is 32.4 Å². The molecule has 0 spiro atoms. The van der Waals surface area contributed by atoms with Gasteiger partial charge >= 0.3 is 0 Å². The Morgan fingerprint density at radius 3 is 2.65 bits per heavy atom. The number of halogens is 1. The molecule has 1 heterocycles. The fraction of sp³-hybridized carbons (Fsp3) is 0.786. The number of ether oxygens (including phenoxy) is 2. The van der Waals surface area contributed by atoms with Crippen LogP contribution in [0.2, 0.25) is 5.15 Å². The predicted octanol–water partition coefficient (Wildman–Crippen LogP) is 1.96. The second-order valence-electron chi connectivity index (χ2n) is 4.83. The summed E-state index contributed by atoms with van der Waals surface area (Å²) in [6.45, 7) is 7.04. The minimum atomic E-state index is 0.350. The van der Waals surface area contributed by atoms with Gasteiger partial charge in [0.05, 0.1) is 18.9 Å². The number of hydrogen-bond donors (Lipinski definition) is 1. The molecule has 0 amide bonds. The van der Waals surface area contributed by atoms with Crippen molar-refractivity contribution in [2.24, 2.45) is 7.05 Å². The number of rotatable bonds is 10. The second-order valence-corrected chi connectivity index (χ2v) is 5.19. The van der Waals surface area contributed by atoms with Gasteiger partial charge in [-0.3, -0.25) is 4.68 Å². The summed E-state index contributed by atoms with van der Waals surface area (Å²) in [4.78, 5) is 0. The first kappa shape index (κ1) is 17.4. The Hall–Kier alpha value is -0.620. The van der Waals surface area contributed by atoms with Gasteiger partial charge in [0.1, 0.15) is 5.15 Å². The van der Waals surface area contributed by atoms with E-state index in [0.717, 1.165) is 42.4 Å². The van der Waals surface area contributed by atoms with Crippen molar-refractivity contribution >= 4 is 11.6 Å². The van der Waals surface area contributed by atoms with Gasteiger partial charge < -0.3 is 14.8 Å². The van der Waals surface area contributed by atoms with Crippen LogP contribution in [-0.4, -0.2) is 49.3 Å². The van der Waals surface area contributed by atoms with Crippen LogP contribution in [0.15, 0.2) is 0 Å². The first-order valence-corrected chi connectivity index (χ1v) is 7.46. The zero-order valence-electron chi connectivity index (χ0n) is 12.9. The number of hydrogen-bond acceptors (Lipinski definition) is 4. The minimum Gasteiger partial charge on any atom is -0.382 e. The molecule has 6 heteroatoms. The number of likely N-dealkylation sites (N-methyl/N-ethyl adjacent to an activating group) is 1. The van der Waals surface area contributed by atoms with Crippen LogP contribution in [0.25, 0.3) is 0 Å². The highest BCUT2D eigenvalue weighted by Crippen LogP contribution is 2.21. The average Bonchev–Trinajstić information content (AvgIpc) is 2.65. The van der Waals surface area contributed by atoms with Crippen LogP contribution >= 0.6 is 11.6 Å². The van der Waals surface area contributed by atoms with Gasteiger partial charge in [0.15, 0.2) is 0 Å². The second kappa shape index (κ2) is 9.34. The number of nitrogens with zero attached hydrogens (tertiary/aromatic N) is 2. The summed E-state index contributed by atoms with van der Waals surface area (Å²) in [6.07, 6.45) is 1.82. The lowest BCUT2D eigenvalue weighted by Gasteiger charge is -2.18. The molecule has 116 valence electrons. The van der Waals surface area contributed by atoms with Crippen molar-refractivity contribution in [3.8, 4) is 0 Å². The molecule has 1 atom stereocenters. The Balaban J connectivity index is 2.49.